The molecule has 0 unspecified atom stereocenters. The van der Waals surface area contributed by atoms with Crippen LogP contribution in [0.1, 0.15) is 26.7 Å². The van der Waals surface area contributed by atoms with Gasteiger partial charge < -0.3 is 15.1 Å². The van der Waals surface area contributed by atoms with Crippen LogP contribution >= 0.6 is 0 Å². The molecule has 0 saturated carbocycles. The lowest BCUT2D eigenvalue weighted by molar-refractivity contribution is -0.139. The van der Waals surface area contributed by atoms with E-state index in [0.29, 0.717) is 12.5 Å². The number of hydrogen-bond donors (Lipinski definition) is 2. The third kappa shape index (κ3) is 6.54. The van der Waals surface area contributed by atoms with Crippen molar-refractivity contribution in [3.8, 4) is 0 Å². The van der Waals surface area contributed by atoms with Crippen molar-refractivity contribution in [2.75, 3.05) is 13.6 Å². The Morgan fingerprint density at radius 2 is 2.00 bits per heavy atom. The first-order chi connectivity index (χ1) is 5.93. The molecule has 0 saturated heterocycles. The van der Waals surface area contributed by atoms with Gasteiger partial charge in [0.25, 0.3) is 0 Å². The van der Waals surface area contributed by atoms with Crippen LogP contribution in [0.5, 0.6) is 0 Å². The fourth-order valence-corrected chi connectivity index (χ4v) is 0.914. The topological polar surface area (TPSA) is 60.8 Å². The number of nitrogens with zero attached hydrogens (tertiary/aromatic N) is 1. The Hall–Kier alpha value is -0.610. The highest BCUT2D eigenvalue weighted by Gasteiger charge is 2.11. The molecule has 0 fully saturated rings. The van der Waals surface area contributed by atoms with E-state index in [-0.39, 0.29) is 6.42 Å². The summed E-state index contributed by atoms with van der Waals surface area (Å²) in [5, 5.41) is 17.6. The summed E-state index contributed by atoms with van der Waals surface area (Å²) in [7, 11) is 1.96. The van der Waals surface area contributed by atoms with Crippen LogP contribution in [0.2, 0.25) is 0 Å². The third-order valence-corrected chi connectivity index (χ3v) is 2.11. The third-order valence-electron chi connectivity index (χ3n) is 2.11. The Morgan fingerprint density at radius 3 is 2.38 bits per heavy atom. The second-order valence-electron chi connectivity index (χ2n) is 3.61. The second kappa shape index (κ2) is 5.94. The number of carboxylic acids is 1. The average Bonchev–Trinajstić information content (AvgIpc) is 1.98. The zero-order valence-corrected chi connectivity index (χ0v) is 8.53. The monoisotopic (exact) mass is 189 g/mol. The fourth-order valence-electron chi connectivity index (χ4n) is 0.914. The molecule has 4 heteroatoms. The van der Waals surface area contributed by atoms with Gasteiger partial charge in [0.2, 0.25) is 0 Å². The Balaban J connectivity index is 3.57. The molecular weight excluding hydrogens is 170 g/mol. The predicted octanol–water partition coefficient (Wildman–Crippen LogP) is 0.552. The second-order valence-corrected chi connectivity index (χ2v) is 3.61. The molecule has 2 N–H and O–H groups in total. The van der Waals surface area contributed by atoms with Crippen LogP contribution < -0.4 is 0 Å². The first-order valence-corrected chi connectivity index (χ1v) is 4.53. The van der Waals surface area contributed by atoms with Gasteiger partial charge in [-0.3, -0.25) is 4.79 Å². The van der Waals surface area contributed by atoms with Crippen molar-refractivity contribution in [3.05, 3.63) is 0 Å². The molecule has 78 valence electrons. The summed E-state index contributed by atoms with van der Waals surface area (Å²) in [6, 6.07) is 0.428. The standard InChI is InChI=1S/C9H19NO3/c1-7(2)10(3)5-4-8(11)6-9(12)13/h7-8,11H,4-6H2,1-3H3,(H,12,13)/t8-/m0/s1. The molecule has 0 aliphatic carbocycles. The van der Waals surface area contributed by atoms with Crippen LogP contribution in [0, 0.1) is 0 Å². The van der Waals surface area contributed by atoms with Crippen molar-refractivity contribution in [1.82, 2.24) is 4.90 Å². The predicted molar refractivity (Wildman–Crippen MR) is 50.6 cm³/mol. The van der Waals surface area contributed by atoms with Gasteiger partial charge in [0, 0.05) is 12.6 Å². The highest BCUT2D eigenvalue weighted by molar-refractivity contribution is 5.67. The maximum Gasteiger partial charge on any atom is 0.305 e. The zero-order chi connectivity index (χ0) is 10.4. The van der Waals surface area contributed by atoms with Gasteiger partial charge in [-0.1, -0.05) is 0 Å². The molecule has 0 bridgehead atoms. The molecule has 0 aromatic carbocycles. The minimum atomic E-state index is -0.945. The van der Waals surface area contributed by atoms with E-state index in [1.54, 1.807) is 0 Å². The van der Waals surface area contributed by atoms with Crippen molar-refractivity contribution in [2.24, 2.45) is 0 Å². The van der Waals surface area contributed by atoms with Crippen LogP contribution in [-0.4, -0.2) is 46.8 Å². The Bertz CT molecular complexity index is 159. The molecule has 0 aliphatic rings. The average molecular weight is 189 g/mol. The number of aliphatic carboxylic acids is 1. The molecule has 0 amide bonds. The van der Waals surface area contributed by atoms with Crippen molar-refractivity contribution in [1.29, 1.82) is 0 Å². The van der Waals surface area contributed by atoms with E-state index in [2.05, 4.69) is 18.7 Å². The molecule has 0 spiro atoms. The molecular formula is C9H19NO3. The maximum atomic E-state index is 10.2. The molecule has 0 rings (SSSR count). The van der Waals surface area contributed by atoms with Gasteiger partial charge in [-0.2, -0.15) is 0 Å². The molecule has 0 radical (unpaired) electrons. The van der Waals surface area contributed by atoms with Crippen LogP contribution in [-0.2, 0) is 4.79 Å². The summed E-state index contributed by atoms with van der Waals surface area (Å²) in [5.41, 5.74) is 0. The van der Waals surface area contributed by atoms with E-state index < -0.39 is 12.1 Å². The number of carboxylic acid groups (broad SMARTS) is 1. The van der Waals surface area contributed by atoms with Crippen molar-refractivity contribution < 1.29 is 15.0 Å². The van der Waals surface area contributed by atoms with Gasteiger partial charge in [-0.05, 0) is 27.3 Å². The largest absolute Gasteiger partial charge is 0.481 e. The minimum absolute atomic E-state index is 0.161. The summed E-state index contributed by atoms with van der Waals surface area (Å²) < 4.78 is 0. The molecule has 0 heterocycles. The van der Waals surface area contributed by atoms with Crippen LogP contribution in [0.15, 0.2) is 0 Å². The molecule has 0 aromatic heterocycles. The lowest BCUT2D eigenvalue weighted by Gasteiger charge is -2.21. The van der Waals surface area contributed by atoms with Gasteiger partial charge in [0.15, 0.2) is 0 Å². The lowest BCUT2D eigenvalue weighted by Crippen LogP contribution is -2.30. The SMILES string of the molecule is CC(C)N(C)CC[C@H](O)CC(=O)O. The number of hydrogen-bond acceptors (Lipinski definition) is 3. The van der Waals surface area contributed by atoms with Gasteiger partial charge >= 0.3 is 5.97 Å². The number of rotatable bonds is 6. The van der Waals surface area contributed by atoms with Gasteiger partial charge in [-0.15, -0.1) is 0 Å². The smallest absolute Gasteiger partial charge is 0.305 e. The number of carbonyl (C=O) groups is 1. The number of aliphatic hydroxyl groups excluding tert-OH is 1. The highest BCUT2D eigenvalue weighted by atomic mass is 16.4. The molecule has 1 atom stereocenters. The Morgan fingerprint density at radius 1 is 1.46 bits per heavy atom. The minimum Gasteiger partial charge on any atom is -0.481 e. The zero-order valence-electron chi connectivity index (χ0n) is 8.53. The van der Waals surface area contributed by atoms with E-state index in [4.69, 9.17) is 5.11 Å². The molecule has 0 aliphatic heterocycles. The summed E-state index contributed by atoms with van der Waals surface area (Å²) in [6.07, 6.45) is -0.369. The Labute approximate surface area is 79.2 Å². The molecule has 0 aromatic rings. The van der Waals surface area contributed by atoms with Crippen molar-refractivity contribution in [2.45, 2.75) is 38.8 Å². The molecule has 4 nitrogen and oxygen atoms in total. The number of aliphatic hydroxyl groups is 1. The normalized spacial score (nSPS) is 13.7. The van der Waals surface area contributed by atoms with E-state index in [9.17, 15) is 9.90 Å². The van der Waals surface area contributed by atoms with Crippen LogP contribution in [0.25, 0.3) is 0 Å². The highest BCUT2D eigenvalue weighted by Crippen LogP contribution is 2.01. The maximum absolute atomic E-state index is 10.2. The van der Waals surface area contributed by atoms with Gasteiger partial charge in [0.05, 0.1) is 12.5 Å². The van der Waals surface area contributed by atoms with Crippen molar-refractivity contribution in [3.63, 3.8) is 0 Å². The summed E-state index contributed by atoms with van der Waals surface area (Å²) >= 11 is 0. The van der Waals surface area contributed by atoms with E-state index >= 15 is 0 Å². The summed E-state index contributed by atoms with van der Waals surface area (Å²) in [5.74, 6) is -0.945. The van der Waals surface area contributed by atoms with E-state index in [0.717, 1.165) is 6.54 Å². The van der Waals surface area contributed by atoms with Gasteiger partial charge in [-0.25, -0.2) is 0 Å². The van der Waals surface area contributed by atoms with Crippen molar-refractivity contribution >= 4 is 5.97 Å². The Kier molecular flexibility index (Phi) is 5.66. The first-order valence-electron chi connectivity index (χ1n) is 4.53. The first kappa shape index (κ1) is 12.4. The fraction of sp³-hybridized carbons (Fsp3) is 0.889. The molecule has 13 heavy (non-hydrogen) atoms. The van der Waals surface area contributed by atoms with Crippen LogP contribution in [0.3, 0.4) is 0 Å². The van der Waals surface area contributed by atoms with E-state index in [1.165, 1.54) is 0 Å². The summed E-state index contributed by atoms with van der Waals surface area (Å²) in [4.78, 5) is 12.3. The van der Waals surface area contributed by atoms with E-state index in [1.807, 2.05) is 7.05 Å². The van der Waals surface area contributed by atoms with Gasteiger partial charge in [0.1, 0.15) is 0 Å². The quantitative estimate of drug-likeness (QED) is 0.640. The lowest BCUT2D eigenvalue weighted by atomic mass is 10.2. The summed E-state index contributed by atoms with van der Waals surface area (Å²) in [6.45, 7) is 4.85. The van der Waals surface area contributed by atoms with Crippen LogP contribution in [0.4, 0.5) is 0 Å².